The first kappa shape index (κ1) is 16.3. The molecule has 1 aliphatic rings. The Labute approximate surface area is 127 Å². The lowest BCUT2D eigenvalue weighted by molar-refractivity contribution is -0.104. The Bertz CT molecular complexity index is 444. The van der Waals surface area contributed by atoms with Gasteiger partial charge in [0.05, 0.1) is 12.7 Å². The Morgan fingerprint density at radius 1 is 1.38 bits per heavy atom. The molecule has 0 saturated carbocycles. The number of morpholine rings is 1. The summed E-state index contributed by atoms with van der Waals surface area (Å²) in [5.74, 6) is 0.800. The monoisotopic (exact) mass is 293 g/mol. The second-order valence-corrected chi connectivity index (χ2v) is 6.62. The van der Waals surface area contributed by atoms with Crippen molar-refractivity contribution in [2.75, 3.05) is 26.3 Å². The summed E-state index contributed by atoms with van der Waals surface area (Å²) in [5.41, 5.74) is 1.16. The van der Waals surface area contributed by atoms with Gasteiger partial charge in [-0.1, -0.05) is 17.7 Å². The van der Waals surface area contributed by atoms with Gasteiger partial charge in [0, 0.05) is 18.6 Å². The number of β-amino-alcohol motifs (C(OH)–C–C–N with tert-alkyl or cyclic N) is 1. The smallest absolute Gasteiger partial charge is 0.119 e. The van der Waals surface area contributed by atoms with E-state index in [2.05, 4.69) is 25.7 Å². The van der Waals surface area contributed by atoms with Crippen LogP contribution in [0.15, 0.2) is 24.3 Å². The van der Waals surface area contributed by atoms with Crippen molar-refractivity contribution in [3.8, 4) is 5.75 Å². The van der Waals surface area contributed by atoms with Crippen molar-refractivity contribution in [2.24, 2.45) is 0 Å². The van der Waals surface area contributed by atoms with Crippen LogP contribution in [0.4, 0.5) is 0 Å². The Balaban J connectivity index is 1.83. The molecule has 0 aliphatic carbocycles. The van der Waals surface area contributed by atoms with E-state index in [4.69, 9.17) is 9.47 Å². The minimum absolute atomic E-state index is 0.0443. The minimum atomic E-state index is -0.504. The maximum absolute atomic E-state index is 10.2. The summed E-state index contributed by atoms with van der Waals surface area (Å²) in [6, 6.07) is 7.88. The molecule has 0 spiro atoms. The minimum Gasteiger partial charge on any atom is -0.491 e. The molecule has 0 bridgehead atoms. The van der Waals surface area contributed by atoms with Gasteiger partial charge < -0.3 is 14.6 Å². The first-order valence-corrected chi connectivity index (χ1v) is 7.61. The highest BCUT2D eigenvalue weighted by atomic mass is 16.5. The Hall–Kier alpha value is -1.10. The molecule has 1 heterocycles. The van der Waals surface area contributed by atoms with Gasteiger partial charge in [0.2, 0.25) is 0 Å². The van der Waals surface area contributed by atoms with Gasteiger partial charge in [-0.15, -0.1) is 0 Å². The summed E-state index contributed by atoms with van der Waals surface area (Å²) in [5, 5.41) is 10.2. The molecule has 1 N–H and O–H groups in total. The predicted octanol–water partition coefficient (Wildman–Crippen LogP) is 2.23. The van der Waals surface area contributed by atoms with Crippen LogP contribution in [0.25, 0.3) is 0 Å². The van der Waals surface area contributed by atoms with E-state index in [0.29, 0.717) is 19.8 Å². The zero-order valence-electron chi connectivity index (χ0n) is 13.5. The van der Waals surface area contributed by atoms with Gasteiger partial charge >= 0.3 is 0 Å². The number of rotatable bonds is 5. The van der Waals surface area contributed by atoms with Gasteiger partial charge in [0.25, 0.3) is 0 Å². The van der Waals surface area contributed by atoms with Crippen LogP contribution in [0.5, 0.6) is 5.75 Å². The van der Waals surface area contributed by atoms with E-state index in [1.807, 2.05) is 31.2 Å². The van der Waals surface area contributed by atoms with Crippen LogP contribution < -0.4 is 4.74 Å². The average Bonchev–Trinajstić information content (AvgIpc) is 2.43. The van der Waals surface area contributed by atoms with Gasteiger partial charge in [-0.25, -0.2) is 0 Å². The lowest BCUT2D eigenvalue weighted by Crippen LogP contribution is -2.57. The average molecular weight is 293 g/mol. The van der Waals surface area contributed by atoms with Crippen molar-refractivity contribution in [3.05, 3.63) is 29.8 Å². The van der Waals surface area contributed by atoms with Crippen molar-refractivity contribution in [2.45, 2.75) is 45.4 Å². The van der Waals surface area contributed by atoms with E-state index in [0.717, 1.165) is 12.3 Å². The molecule has 2 atom stereocenters. The highest BCUT2D eigenvalue weighted by molar-refractivity contribution is 5.26. The fourth-order valence-corrected chi connectivity index (χ4v) is 2.50. The lowest BCUT2D eigenvalue weighted by Gasteiger charge is -2.45. The lowest BCUT2D eigenvalue weighted by atomic mass is 10.0. The molecule has 2 unspecified atom stereocenters. The quantitative estimate of drug-likeness (QED) is 0.904. The molecule has 21 heavy (non-hydrogen) atoms. The topological polar surface area (TPSA) is 41.9 Å². The summed E-state index contributed by atoms with van der Waals surface area (Å²) in [6.45, 7) is 10.8. The molecule has 0 amide bonds. The molecule has 4 nitrogen and oxygen atoms in total. The normalized spacial score (nSPS) is 23.8. The first-order valence-electron chi connectivity index (χ1n) is 7.61. The molecule has 1 aliphatic heterocycles. The number of ether oxygens (including phenoxy) is 2. The Morgan fingerprint density at radius 3 is 2.71 bits per heavy atom. The zero-order chi connectivity index (χ0) is 15.5. The van der Waals surface area contributed by atoms with E-state index >= 15 is 0 Å². The van der Waals surface area contributed by atoms with Crippen LogP contribution in [-0.4, -0.2) is 54.1 Å². The standard InChI is InChI=1S/C17H27NO3/c1-13-5-7-16(8-6-13)20-11-15(19)10-18-9-14(2)21-12-17(18,3)4/h5-8,14-15,19H,9-12H2,1-4H3. The molecular weight excluding hydrogens is 266 g/mol. The maximum atomic E-state index is 10.2. The number of aliphatic hydroxyl groups excluding tert-OH is 1. The fraction of sp³-hybridized carbons (Fsp3) is 0.647. The van der Waals surface area contributed by atoms with Crippen LogP contribution in [0.2, 0.25) is 0 Å². The number of aliphatic hydroxyl groups is 1. The molecule has 2 rings (SSSR count). The summed E-state index contributed by atoms with van der Waals surface area (Å²) in [4.78, 5) is 2.28. The summed E-state index contributed by atoms with van der Waals surface area (Å²) >= 11 is 0. The van der Waals surface area contributed by atoms with Crippen LogP contribution >= 0.6 is 0 Å². The number of hydrogen-bond acceptors (Lipinski definition) is 4. The van der Waals surface area contributed by atoms with Crippen molar-refractivity contribution < 1.29 is 14.6 Å². The summed E-state index contributed by atoms with van der Waals surface area (Å²) in [6.07, 6.45) is -0.292. The van der Waals surface area contributed by atoms with Crippen molar-refractivity contribution in [1.29, 1.82) is 0 Å². The molecule has 1 fully saturated rings. The molecule has 1 aromatic carbocycles. The van der Waals surface area contributed by atoms with Crippen LogP contribution in [-0.2, 0) is 4.74 Å². The number of benzene rings is 1. The third-order valence-corrected chi connectivity index (χ3v) is 3.95. The fourth-order valence-electron chi connectivity index (χ4n) is 2.50. The van der Waals surface area contributed by atoms with E-state index < -0.39 is 6.10 Å². The summed E-state index contributed by atoms with van der Waals surface area (Å²) in [7, 11) is 0. The molecule has 0 radical (unpaired) electrons. The second-order valence-electron chi connectivity index (χ2n) is 6.62. The van der Waals surface area contributed by atoms with Crippen molar-refractivity contribution >= 4 is 0 Å². The maximum Gasteiger partial charge on any atom is 0.119 e. The van der Waals surface area contributed by atoms with Gasteiger partial charge in [0.1, 0.15) is 18.5 Å². The van der Waals surface area contributed by atoms with Crippen LogP contribution in [0.1, 0.15) is 26.3 Å². The SMILES string of the molecule is Cc1ccc(OCC(O)CN2CC(C)OCC2(C)C)cc1. The van der Waals surface area contributed by atoms with Crippen molar-refractivity contribution in [1.82, 2.24) is 4.90 Å². The highest BCUT2D eigenvalue weighted by Crippen LogP contribution is 2.22. The molecule has 118 valence electrons. The molecular formula is C17H27NO3. The number of hydrogen-bond donors (Lipinski definition) is 1. The Kier molecular flexibility index (Phi) is 5.25. The van der Waals surface area contributed by atoms with Gasteiger partial charge in [-0.05, 0) is 39.8 Å². The van der Waals surface area contributed by atoms with E-state index in [-0.39, 0.29) is 11.6 Å². The zero-order valence-corrected chi connectivity index (χ0v) is 13.5. The number of aryl methyl sites for hydroxylation is 1. The first-order chi connectivity index (χ1) is 9.87. The number of nitrogens with zero attached hydrogens (tertiary/aromatic N) is 1. The third kappa shape index (κ3) is 4.70. The van der Waals surface area contributed by atoms with Crippen LogP contribution in [0.3, 0.4) is 0 Å². The molecule has 1 saturated heterocycles. The second kappa shape index (κ2) is 6.77. The van der Waals surface area contributed by atoms with Gasteiger partial charge in [-0.3, -0.25) is 4.90 Å². The predicted molar refractivity (Wildman–Crippen MR) is 83.7 cm³/mol. The van der Waals surface area contributed by atoms with Crippen molar-refractivity contribution in [3.63, 3.8) is 0 Å². The van der Waals surface area contributed by atoms with Gasteiger partial charge in [0.15, 0.2) is 0 Å². The highest BCUT2D eigenvalue weighted by Gasteiger charge is 2.34. The third-order valence-electron chi connectivity index (χ3n) is 3.95. The largest absolute Gasteiger partial charge is 0.491 e. The molecule has 1 aromatic rings. The molecule has 0 aromatic heterocycles. The molecule has 4 heteroatoms. The van der Waals surface area contributed by atoms with Gasteiger partial charge in [-0.2, -0.15) is 0 Å². The van der Waals surface area contributed by atoms with E-state index in [9.17, 15) is 5.11 Å². The van der Waals surface area contributed by atoms with Crippen LogP contribution in [0, 0.1) is 6.92 Å². The summed E-state index contributed by atoms with van der Waals surface area (Å²) < 4.78 is 11.3. The Morgan fingerprint density at radius 2 is 2.05 bits per heavy atom. The van der Waals surface area contributed by atoms with E-state index in [1.54, 1.807) is 0 Å². The van der Waals surface area contributed by atoms with E-state index in [1.165, 1.54) is 5.56 Å².